The smallest absolute Gasteiger partial charge is 0.444 e. The van der Waals surface area contributed by atoms with Crippen LogP contribution in [0, 0.1) is 0 Å². The number of rotatable bonds is 2. The van der Waals surface area contributed by atoms with Crippen LogP contribution >= 0.6 is 0 Å². The first-order valence-corrected chi connectivity index (χ1v) is 8.44. The van der Waals surface area contributed by atoms with E-state index in [0.717, 1.165) is 0 Å². The standard InChI is InChI=1S/C13H18F3NO5S/c1-12(2,3)21-11(18)17-8-4-5-9(17)7-10(6-8)22-23(19,20)13(14,15)16/h6,8-9H,4-5,7H2,1-3H3/t8-,9-/m1/s1. The minimum absolute atomic E-state index is 0.0922. The molecule has 2 heterocycles. The molecule has 23 heavy (non-hydrogen) atoms. The van der Waals surface area contributed by atoms with Gasteiger partial charge in [0.25, 0.3) is 0 Å². The van der Waals surface area contributed by atoms with Gasteiger partial charge in [-0.05, 0) is 39.7 Å². The first-order chi connectivity index (χ1) is 10.3. The van der Waals surface area contributed by atoms with Gasteiger partial charge in [-0.25, -0.2) is 4.79 Å². The summed E-state index contributed by atoms with van der Waals surface area (Å²) in [5, 5.41) is 0. The van der Waals surface area contributed by atoms with Crippen molar-refractivity contribution in [3.05, 3.63) is 11.8 Å². The van der Waals surface area contributed by atoms with Crippen LogP contribution in [0.4, 0.5) is 18.0 Å². The molecule has 2 bridgehead atoms. The number of carbonyl (C=O) groups excluding carboxylic acids is 1. The van der Waals surface area contributed by atoms with E-state index in [2.05, 4.69) is 4.18 Å². The molecule has 0 aromatic carbocycles. The van der Waals surface area contributed by atoms with Crippen molar-refractivity contribution in [2.75, 3.05) is 0 Å². The van der Waals surface area contributed by atoms with Crippen LogP contribution in [0.15, 0.2) is 11.8 Å². The average Bonchev–Trinajstić information content (AvgIpc) is 2.57. The van der Waals surface area contributed by atoms with Crippen molar-refractivity contribution in [1.29, 1.82) is 0 Å². The SMILES string of the molecule is CC(C)(C)OC(=O)N1[C@@H]2CC[C@@H]1C=C(OS(=O)(=O)C(F)(F)F)C2. The van der Waals surface area contributed by atoms with E-state index >= 15 is 0 Å². The van der Waals surface area contributed by atoms with Crippen molar-refractivity contribution in [1.82, 2.24) is 4.90 Å². The predicted molar refractivity (Wildman–Crippen MR) is 73.6 cm³/mol. The summed E-state index contributed by atoms with van der Waals surface area (Å²) in [5.41, 5.74) is -6.17. The summed E-state index contributed by atoms with van der Waals surface area (Å²) in [6.45, 7) is 5.12. The van der Waals surface area contributed by atoms with Gasteiger partial charge in [-0.15, -0.1) is 0 Å². The summed E-state index contributed by atoms with van der Waals surface area (Å²) in [5.74, 6) is -0.283. The van der Waals surface area contributed by atoms with Gasteiger partial charge in [0.1, 0.15) is 11.4 Å². The van der Waals surface area contributed by atoms with Crippen LogP contribution in [0.2, 0.25) is 0 Å². The number of amides is 1. The lowest BCUT2D eigenvalue weighted by molar-refractivity contribution is -0.0528. The lowest BCUT2D eigenvalue weighted by atomic mass is 10.1. The van der Waals surface area contributed by atoms with Gasteiger partial charge in [-0.1, -0.05) is 0 Å². The second-order valence-corrected chi connectivity index (χ2v) is 8.04. The Bertz CT molecular complexity index is 621. The molecule has 0 unspecified atom stereocenters. The third-order valence-electron chi connectivity index (χ3n) is 3.47. The van der Waals surface area contributed by atoms with Crippen LogP contribution < -0.4 is 0 Å². The first-order valence-electron chi connectivity index (χ1n) is 7.03. The molecule has 0 N–H and O–H groups in total. The van der Waals surface area contributed by atoms with E-state index in [1.54, 1.807) is 20.8 Å². The molecule has 1 fully saturated rings. The van der Waals surface area contributed by atoms with Gasteiger partial charge >= 0.3 is 21.7 Å². The predicted octanol–water partition coefficient (Wildman–Crippen LogP) is 2.91. The zero-order valence-corrected chi connectivity index (χ0v) is 13.7. The number of hydrogen-bond donors (Lipinski definition) is 0. The summed E-state index contributed by atoms with van der Waals surface area (Å²) in [6, 6.07) is -0.958. The molecule has 2 rings (SSSR count). The fourth-order valence-corrected chi connectivity index (χ4v) is 3.14. The normalized spacial score (nSPS) is 25.1. The third-order valence-corrected chi connectivity index (χ3v) is 4.47. The van der Waals surface area contributed by atoms with E-state index in [9.17, 15) is 26.4 Å². The van der Waals surface area contributed by atoms with E-state index in [-0.39, 0.29) is 12.2 Å². The zero-order valence-electron chi connectivity index (χ0n) is 12.9. The Kier molecular flexibility index (Phi) is 4.33. The lowest BCUT2D eigenvalue weighted by Crippen LogP contribution is -2.46. The van der Waals surface area contributed by atoms with Crippen LogP contribution in [0.5, 0.6) is 0 Å². The van der Waals surface area contributed by atoms with Crippen molar-refractivity contribution >= 4 is 16.2 Å². The minimum atomic E-state index is -5.69. The van der Waals surface area contributed by atoms with Gasteiger partial charge in [0.15, 0.2) is 0 Å². The maximum Gasteiger partial charge on any atom is 0.534 e. The zero-order chi connectivity index (χ0) is 17.6. The molecule has 2 aliphatic heterocycles. The Balaban J connectivity index is 2.14. The van der Waals surface area contributed by atoms with Gasteiger partial charge in [-0.3, -0.25) is 4.90 Å². The van der Waals surface area contributed by atoms with E-state index < -0.39 is 39.4 Å². The molecule has 0 radical (unpaired) electrons. The molecule has 0 saturated carbocycles. The fraction of sp³-hybridized carbons (Fsp3) is 0.769. The first kappa shape index (κ1) is 17.9. The Morgan fingerprint density at radius 2 is 1.87 bits per heavy atom. The van der Waals surface area contributed by atoms with E-state index in [0.29, 0.717) is 12.8 Å². The van der Waals surface area contributed by atoms with Crippen LogP contribution in [0.25, 0.3) is 0 Å². The molecule has 0 spiro atoms. The average molecular weight is 357 g/mol. The van der Waals surface area contributed by atoms with Crippen LogP contribution in [-0.4, -0.2) is 42.6 Å². The Morgan fingerprint density at radius 3 is 2.35 bits per heavy atom. The number of carbonyl (C=O) groups is 1. The molecule has 0 aromatic heterocycles. The van der Waals surface area contributed by atoms with Crippen molar-refractivity contribution in [3.63, 3.8) is 0 Å². The monoisotopic (exact) mass is 357 g/mol. The number of alkyl halides is 3. The summed E-state index contributed by atoms with van der Waals surface area (Å²) >= 11 is 0. The second kappa shape index (κ2) is 5.57. The number of hydrogen-bond acceptors (Lipinski definition) is 5. The van der Waals surface area contributed by atoms with E-state index in [4.69, 9.17) is 4.74 Å². The molecule has 1 amide bonds. The molecule has 1 saturated heterocycles. The van der Waals surface area contributed by atoms with Gasteiger partial charge in [0.2, 0.25) is 0 Å². The number of halogens is 3. The lowest BCUT2D eigenvalue weighted by Gasteiger charge is -2.34. The highest BCUT2D eigenvalue weighted by Gasteiger charge is 2.50. The minimum Gasteiger partial charge on any atom is -0.444 e. The quantitative estimate of drug-likeness (QED) is 0.561. The van der Waals surface area contributed by atoms with Gasteiger partial charge in [0.05, 0.1) is 6.04 Å². The van der Waals surface area contributed by atoms with Crippen molar-refractivity contribution in [2.45, 2.75) is 63.2 Å². The van der Waals surface area contributed by atoms with Crippen molar-refractivity contribution in [2.24, 2.45) is 0 Å². The van der Waals surface area contributed by atoms with Crippen molar-refractivity contribution in [3.8, 4) is 0 Å². The highest BCUT2D eigenvalue weighted by molar-refractivity contribution is 7.87. The maximum absolute atomic E-state index is 12.4. The van der Waals surface area contributed by atoms with Gasteiger partial charge < -0.3 is 8.92 Å². The van der Waals surface area contributed by atoms with Crippen LogP contribution in [0.1, 0.15) is 40.0 Å². The highest BCUT2D eigenvalue weighted by Crippen LogP contribution is 2.38. The van der Waals surface area contributed by atoms with E-state index in [1.807, 2.05) is 0 Å². The van der Waals surface area contributed by atoms with Gasteiger partial charge in [-0.2, -0.15) is 21.6 Å². The molecule has 0 aromatic rings. The summed E-state index contributed by atoms with van der Waals surface area (Å²) < 4.78 is 68.7. The van der Waals surface area contributed by atoms with Crippen LogP contribution in [0.3, 0.4) is 0 Å². The third kappa shape index (κ3) is 3.91. The summed E-state index contributed by atoms with van der Waals surface area (Å²) in [4.78, 5) is 13.6. The molecular weight excluding hydrogens is 339 g/mol. The molecule has 10 heteroatoms. The Hall–Kier alpha value is -1.45. The van der Waals surface area contributed by atoms with Crippen LogP contribution in [-0.2, 0) is 19.0 Å². The summed E-state index contributed by atoms with van der Waals surface area (Å²) in [7, 11) is -5.69. The number of ether oxygens (including phenoxy) is 1. The molecule has 2 atom stereocenters. The van der Waals surface area contributed by atoms with Crippen molar-refractivity contribution < 1.29 is 35.3 Å². The second-order valence-electron chi connectivity index (χ2n) is 6.51. The topological polar surface area (TPSA) is 72.9 Å². The fourth-order valence-electron chi connectivity index (χ4n) is 2.64. The Labute approximate surface area is 132 Å². The molecular formula is C13H18F3NO5S. The summed E-state index contributed by atoms with van der Waals surface area (Å²) in [6.07, 6.45) is 1.64. The molecule has 2 aliphatic rings. The molecule has 0 aliphatic carbocycles. The van der Waals surface area contributed by atoms with E-state index in [1.165, 1.54) is 11.0 Å². The number of fused-ring (bicyclic) bond motifs is 2. The highest BCUT2D eigenvalue weighted by atomic mass is 32.2. The molecule has 132 valence electrons. The Morgan fingerprint density at radius 1 is 1.26 bits per heavy atom. The molecule has 6 nitrogen and oxygen atoms in total. The maximum atomic E-state index is 12.4. The van der Waals surface area contributed by atoms with Gasteiger partial charge in [0, 0.05) is 12.5 Å². The largest absolute Gasteiger partial charge is 0.534 e. The number of nitrogens with zero attached hydrogens (tertiary/aromatic N) is 1.